The van der Waals surface area contributed by atoms with Crippen molar-refractivity contribution in [3.8, 4) is 11.4 Å². The van der Waals surface area contributed by atoms with Crippen LogP contribution >= 0.6 is 11.8 Å². The Labute approximate surface area is 151 Å². The van der Waals surface area contributed by atoms with Crippen LogP contribution in [0.2, 0.25) is 0 Å². The number of hydrogen-bond acceptors (Lipinski definition) is 6. The van der Waals surface area contributed by atoms with E-state index in [4.69, 9.17) is 4.52 Å². The van der Waals surface area contributed by atoms with Crippen LogP contribution in [0.25, 0.3) is 22.3 Å². The van der Waals surface area contributed by atoms with E-state index < -0.39 is 5.82 Å². The first kappa shape index (κ1) is 16.5. The minimum Gasteiger partial charge on any atom is -0.338 e. The van der Waals surface area contributed by atoms with E-state index in [1.54, 1.807) is 43.4 Å². The van der Waals surface area contributed by atoms with E-state index in [2.05, 4.69) is 15.1 Å². The van der Waals surface area contributed by atoms with Crippen LogP contribution in [0.15, 0.2) is 63.0 Å². The molecule has 0 aliphatic rings. The fraction of sp³-hybridized carbons (Fsp3) is 0.111. The zero-order chi connectivity index (χ0) is 18.1. The summed E-state index contributed by atoms with van der Waals surface area (Å²) >= 11 is 1.30. The lowest BCUT2D eigenvalue weighted by atomic mass is 10.2. The molecule has 8 heteroatoms. The molecule has 4 rings (SSSR count). The quantitative estimate of drug-likeness (QED) is 0.406. The number of fused-ring (bicyclic) bond motifs is 1. The van der Waals surface area contributed by atoms with Crippen molar-refractivity contribution in [1.82, 2.24) is 19.7 Å². The van der Waals surface area contributed by atoms with Crippen molar-refractivity contribution in [1.29, 1.82) is 0 Å². The topological polar surface area (TPSA) is 73.8 Å². The summed E-state index contributed by atoms with van der Waals surface area (Å²) in [6.07, 6.45) is 0. The van der Waals surface area contributed by atoms with E-state index in [0.29, 0.717) is 27.7 Å². The van der Waals surface area contributed by atoms with E-state index in [9.17, 15) is 9.18 Å². The molecule has 2 aromatic heterocycles. The number of benzene rings is 2. The second kappa shape index (κ2) is 6.72. The smallest absolute Gasteiger partial charge is 0.261 e. The summed E-state index contributed by atoms with van der Waals surface area (Å²) in [5, 5.41) is 4.93. The Bertz CT molecular complexity index is 1160. The molecule has 0 amide bonds. The van der Waals surface area contributed by atoms with E-state index in [1.807, 2.05) is 6.07 Å². The van der Waals surface area contributed by atoms with Gasteiger partial charge in [-0.1, -0.05) is 41.2 Å². The normalized spacial score (nSPS) is 11.2. The van der Waals surface area contributed by atoms with E-state index in [-0.39, 0.29) is 16.9 Å². The lowest BCUT2D eigenvalue weighted by Crippen LogP contribution is -2.19. The highest BCUT2D eigenvalue weighted by Crippen LogP contribution is 2.23. The number of hydrogen-bond donors (Lipinski definition) is 0. The van der Waals surface area contributed by atoms with Crippen LogP contribution in [-0.4, -0.2) is 19.7 Å². The Hall–Kier alpha value is -3.00. The molecule has 2 heterocycles. The van der Waals surface area contributed by atoms with Crippen molar-refractivity contribution in [2.75, 3.05) is 0 Å². The Morgan fingerprint density at radius 1 is 1.12 bits per heavy atom. The Morgan fingerprint density at radius 3 is 2.73 bits per heavy atom. The van der Waals surface area contributed by atoms with Crippen LogP contribution in [0.4, 0.5) is 4.39 Å². The van der Waals surface area contributed by atoms with Gasteiger partial charge in [0.05, 0.1) is 22.2 Å². The lowest BCUT2D eigenvalue weighted by molar-refractivity contribution is 0.391. The van der Waals surface area contributed by atoms with Crippen LogP contribution in [0, 0.1) is 5.82 Å². The van der Waals surface area contributed by atoms with Gasteiger partial charge in [-0.25, -0.2) is 9.37 Å². The fourth-order valence-electron chi connectivity index (χ4n) is 2.52. The molecule has 0 aliphatic heterocycles. The molecule has 0 radical (unpaired) electrons. The predicted octanol–water partition coefficient (Wildman–Crippen LogP) is 3.41. The maximum atomic E-state index is 13.8. The van der Waals surface area contributed by atoms with E-state index in [1.165, 1.54) is 22.4 Å². The summed E-state index contributed by atoms with van der Waals surface area (Å²) in [6.45, 7) is 0. The zero-order valence-corrected chi connectivity index (χ0v) is 14.5. The van der Waals surface area contributed by atoms with Gasteiger partial charge in [-0.2, -0.15) is 4.98 Å². The summed E-state index contributed by atoms with van der Waals surface area (Å²) in [4.78, 5) is 21.1. The van der Waals surface area contributed by atoms with Crippen LogP contribution in [0.3, 0.4) is 0 Å². The van der Waals surface area contributed by atoms with Crippen LogP contribution in [0.5, 0.6) is 0 Å². The molecule has 0 saturated heterocycles. The highest BCUT2D eigenvalue weighted by Gasteiger charge is 2.14. The maximum Gasteiger partial charge on any atom is 0.261 e. The molecule has 0 fully saturated rings. The minimum atomic E-state index is -0.411. The number of halogens is 1. The first-order valence-corrected chi connectivity index (χ1v) is 8.78. The van der Waals surface area contributed by atoms with Gasteiger partial charge in [-0.15, -0.1) is 0 Å². The van der Waals surface area contributed by atoms with Crippen molar-refractivity contribution < 1.29 is 8.91 Å². The van der Waals surface area contributed by atoms with E-state index >= 15 is 0 Å². The molecule has 26 heavy (non-hydrogen) atoms. The van der Waals surface area contributed by atoms with Crippen molar-refractivity contribution >= 4 is 22.7 Å². The molecule has 0 atom stereocenters. The summed E-state index contributed by atoms with van der Waals surface area (Å²) in [6, 6.07) is 13.4. The lowest BCUT2D eigenvalue weighted by Gasteiger charge is -2.07. The first-order valence-electron chi connectivity index (χ1n) is 7.79. The Kier molecular flexibility index (Phi) is 4.26. The molecular formula is C18H13FN4O2S. The standard InChI is InChI=1S/C18H13FN4O2S/c1-23-17(24)12-7-3-5-9-14(12)20-18(23)26-10-15-21-16(22-25-15)11-6-2-4-8-13(11)19/h2-9H,10H2,1H3. The molecular weight excluding hydrogens is 355 g/mol. The molecule has 2 aromatic carbocycles. The summed E-state index contributed by atoms with van der Waals surface area (Å²) in [7, 11) is 1.67. The third kappa shape index (κ3) is 2.99. The van der Waals surface area contributed by atoms with Gasteiger partial charge in [-0.3, -0.25) is 9.36 Å². The zero-order valence-electron chi connectivity index (χ0n) is 13.7. The molecule has 0 bridgehead atoms. The van der Waals surface area contributed by atoms with Gasteiger partial charge in [-0.05, 0) is 24.3 Å². The first-order chi connectivity index (χ1) is 12.6. The molecule has 130 valence electrons. The Balaban J connectivity index is 1.59. The van der Waals surface area contributed by atoms with Crippen LogP contribution in [0.1, 0.15) is 5.89 Å². The highest BCUT2D eigenvalue weighted by atomic mass is 32.2. The van der Waals surface area contributed by atoms with Crippen molar-refractivity contribution in [3.63, 3.8) is 0 Å². The molecule has 0 N–H and O–H groups in total. The number of aromatic nitrogens is 4. The molecule has 4 aromatic rings. The van der Waals surface area contributed by atoms with Gasteiger partial charge >= 0.3 is 0 Å². The average molecular weight is 368 g/mol. The van der Waals surface area contributed by atoms with Crippen molar-refractivity contribution in [3.05, 3.63) is 70.6 Å². The summed E-state index contributed by atoms with van der Waals surface area (Å²) in [5.41, 5.74) is 0.801. The largest absolute Gasteiger partial charge is 0.338 e. The van der Waals surface area contributed by atoms with Crippen LogP contribution in [-0.2, 0) is 12.8 Å². The monoisotopic (exact) mass is 368 g/mol. The second-order valence-electron chi connectivity index (χ2n) is 5.56. The van der Waals surface area contributed by atoms with Gasteiger partial charge in [0, 0.05) is 7.05 Å². The van der Waals surface area contributed by atoms with Crippen molar-refractivity contribution in [2.45, 2.75) is 10.9 Å². The highest BCUT2D eigenvalue weighted by molar-refractivity contribution is 7.98. The Morgan fingerprint density at radius 2 is 1.88 bits per heavy atom. The van der Waals surface area contributed by atoms with Gasteiger partial charge in [0.15, 0.2) is 5.16 Å². The molecule has 0 saturated carbocycles. The number of nitrogens with zero attached hydrogens (tertiary/aromatic N) is 4. The number of para-hydroxylation sites is 1. The van der Waals surface area contributed by atoms with Gasteiger partial charge in [0.1, 0.15) is 5.82 Å². The van der Waals surface area contributed by atoms with Crippen molar-refractivity contribution in [2.24, 2.45) is 7.05 Å². The maximum absolute atomic E-state index is 13.8. The second-order valence-corrected chi connectivity index (χ2v) is 6.50. The molecule has 0 aliphatic carbocycles. The number of rotatable bonds is 4. The van der Waals surface area contributed by atoms with Gasteiger partial charge in [0.2, 0.25) is 11.7 Å². The fourth-order valence-corrected chi connectivity index (χ4v) is 3.33. The SMILES string of the molecule is Cn1c(SCc2nc(-c3ccccc3F)no2)nc2ccccc2c1=O. The average Bonchev–Trinajstić information content (AvgIpc) is 3.13. The summed E-state index contributed by atoms with van der Waals surface area (Å²) < 4.78 is 20.5. The predicted molar refractivity (Wildman–Crippen MR) is 96.2 cm³/mol. The minimum absolute atomic E-state index is 0.115. The molecule has 0 unspecified atom stereocenters. The number of thioether (sulfide) groups is 1. The molecule has 0 spiro atoms. The van der Waals surface area contributed by atoms with Crippen LogP contribution < -0.4 is 5.56 Å². The van der Waals surface area contributed by atoms with E-state index in [0.717, 1.165) is 0 Å². The third-order valence-corrected chi connectivity index (χ3v) is 4.86. The van der Waals surface area contributed by atoms with Gasteiger partial charge < -0.3 is 4.52 Å². The van der Waals surface area contributed by atoms with Gasteiger partial charge in [0.25, 0.3) is 5.56 Å². The third-order valence-electron chi connectivity index (χ3n) is 3.85. The summed E-state index contributed by atoms with van der Waals surface area (Å²) in [5.74, 6) is 0.431. The molecule has 6 nitrogen and oxygen atoms in total.